The van der Waals surface area contributed by atoms with Crippen LogP contribution in [-0.4, -0.2) is 27.8 Å². The van der Waals surface area contributed by atoms with Crippen molar-refractivity contribution in [1.82, 2.24) is 9.55 Å². The average Bonchev–Trinajstić information content (AvgIpc) is 2.64. The van der Waals surface area contributed by atoms with E-state index in [4.69, 9.17) is 5.73 Å². The highest BCUT2D eigenvalue weighted by molar-refractivity contribution is 8.00. The first-order valence-electron chi connectivity index (χ1n) is 9.52. The molecule has 0 unspecified atom stereocenters. The summed E-state index contributed by atoms with van der Waals surface area (Å²) < 4.78 is 27.8. The van der Waals surface area contributed by atoms with E-state index in [0.29, 0.717) is 4.90 Å². The van der Waals surface area contributed by atoms with E-state index in [1.807, 2.05) is 27.7 Å². The third kappa shape index (κ3) is 5.71. The molecular weight excluding hydrogens is 414 g/mol. The quantitative estimate of drug-likeness (QED) is 0.615. The van der Waals surface area contributed by atoms with Crippen molar-refractivity contribution >= 4 is 29.2 Å². The number of amides is 1. The molecule has 0 bridgehead atoms. The molecule has 1 amide bonds. The van der Waals surface area contributed by atoms with Crippen molar-refractivity contribution in [2.24, 2.45) is 11.8 Å². The van der Waals surface area contributed by atoms with Crippen LogP contribution in [0, 0.1) is 23.5 Å². The second-order valence-corrected chi connectivity index (χ2v) is 8.81. The van der Waals surface area contributed by atoms with Crippen molar-refractivity contribution < 1.29 is 13.6 Å². The van der Waals surface area contributed by atoms with Crippen LogP contribution in [0.4, 0.5) is 20.3 Å². The number of nitrogens with two attached hydrogens (primary N) is 1. The fourth-order valence-corrected chi connectivity index (χ4v) is 3.65. The number of rotatable bonds is 8. The minimum absolute atomic E-state index is 0.00601. The zero-order valence-corrected chi connectivity index (χ0v) is 18.2. The van der Waals surface area contributed by atoms with Gasteiger partial charge in [-0.2, -0.15) is 0 Å². The number of halogens is 2. The lowest BCUT2D eigenvalue weighted by molar-refractivity contribution is -0.116. The number of carbonyl (C=O) groups excluding carboxylic acids is 1. The topological polar surface area (TPSA) is 101 Å². The van der Waals surface area contributed by atoms with Crippen LogP contribution >= 0.6 is 11.8 Å². The SMILES string of the molecule is CC(C)CN(C(=O)CSc1ccc(F)c(F)c1)c1c(N)n(CC(C)C)c(=O)[nH]c1=O. The van der Waals surface area contributed by atoms with Crippen molar-refractivity contribution in [2.75, 3.05) is 22.9 Å². The Kier molecular flexibility index (Phi) is 7.83. The number of nitrogens with one attached hydrogen (secondary N) is 1. The summed E-state index contributed by atoms with van der Waals surface area (Å²) in [6.45, 7) is 8.01. The van der Waals surface area contributed by atoms with Gasteiger partial charge in [-0.25, -0.2) is 13.6 Å². The summed E-state index contributed by atoms with van der Waals surface area (Å²) in [6, 6.07) is 3.36. The van der Waals surface area contributed by atoms with E-state index < -0.39 is 28.8 Å². The Balaban J connectivity index is 2.39. The Hall–Kier alpha value is -2.62. The molecule has 0 aliphatic carbocycles. The van der Waals surface area contributed by atoms with Crippen LogP contribution in [0.25, 0.3) is 0 Å². The van der Waals surface area contributed by atoms with Crippen LogP contribution in [0.1, 0.15) is 27.7 Å². The summed E-state index contributed by atoms with van der Waals surface area (Å²) in [6.07, 6.45) is 0. The van der Waals surface area contributed by atoms with Gasteiger partial charge in [0.15, 0.2) is 17.3 Å². The molecule has 1 heterocycles. The number of anilines is 2. The van der Waals surface area contributed by atoms with Gasteiger partial charge in [-0.3, -0.25) is 19.1 Å². The second-order valence-electron chi connectivity index (χ2n) is 7.76. The maximum atomic E-state index is 13.4. The van der Waals surface area contributed by atoms with Crippen molar-refractivity contribution in [3.8, 4) is 0 Å². The number of carbonyl (C=O) groups is 1. The van der Waals surface area contributed by atoms with Gasteiger partial charge in [-0.05, 0) is 30.0 Å². The van der Waals surface area contributed by atoms with Crippen LogP contribution in [0.3, 0.4) is 0 Å². The molecule has 1 aromatic carbocycles. The summed E-state index contributed by atoms with van der Waals surface area (Å²) in [5.41, 5.74) is 4.68. The molecular formula is C20H26F2N4O3S. The van der Waals surface area contributed by atoms with Gasteiger partial charge in [0.05, 0.1) is 5.75 Å². The van der Waals surface area contributed by atoms with E-state index in [2.05, 4.69) is 4.98 Å². The van der Waals surface area contributed by atoms with Gasteiger partial charge in [-0.15, -0.1) is 11.8 Å². The number of H-pyrrole nitrogens is 1. The molecule has 164 valence electrons. The number of nitrogens with zero attached hydrogens (tertiary/aromatic N) is 2. The molecule has 0 saturated carbocycles. The van der Waals surface area contributed by atoms with Gasteiger partial charge in [-0.1, -0.05) is 27.7 Å². The van der Waals surface area contributed by atoms with Crippen molar-refractivity contribution in [2.45, 2.75) is 39.1 Å². The van der Waals surface area contributed by atoms with E-state index in [0.717, 1.165) is 23.9 Å². The van der Waals surface area contributed by atoms with Crippen molar-refractivity contribution in [3.63, 3.8) is 0 Å². The third-order valence-electron chi connectivity index (χ3n) is 4.13. The molecule has 0 radical (unpaired) electrons. The summed E-state index contributed by atoms with van der Waals surface area (Å²) >= 11 is 1.01. The van der Waals surface area contributed by atoms with Crippen molar-refractivity contribution in [3.05, 3.63) is 50.7 Å². The normalized spacial score (nSPS) is 11.3. The largest absolute Gasteiger partial charge is 0.383 e. The summed E-state index contributed by atoms with van der Waals surface area (Å²) in [7, 11) is 0. The van der Waals surface area contributed by atoms with Gasteiger partial charge in [0.25, 0.3) is 5.56 Å². The second kappa shape index (κ2) is 9.92. The van der Waals surface area contributed by atoms with Crippen LogP contribution < -0.4 is 21.9 Å². The average molecular weight is 441 g/mol. The molecule has 0 spiro atoms. The number of aromatic nitrogens is 2. The first-order chi connectivity index (χ1) is 14.0. The summed E-state index contributed by atoms with van der Waals surface area (Å²) in [4.78, 5) is 41.6. The monoisotopic (exact) mass is 440 g/mol. The lowest BCUT2D eigenvalue weighted by Gasteiger charge is -2.26. The lowest BCUT2D eigenvalue weighted by Crippen LogP contribution is -2.43. The third-order valence-corrected chi connectivity index (χ3v) is 5.11. The highest BCUT2D eigenvalue weighted by atomic mass is 32.2. The highest BCUT2D eigenvalue weighted by Crippen LogP contribution is 2.24. The molecule has 0 aliphatic heterocycles. The molecule has 0 fully saturated rings. The lowest BCUT2D eigenvalue weighted by atomic mass is 10.2. The standard InChI is InChI=1S/C20H26F2N4O3S/c1-11(2)8-25(16(27)10-30-13-5-6-14(21)15(22)7-13)17-18(23)26(9-12(3)4)20(29)24-19(17)28/h5-7,11-12H,8-10,23H2,1-4H3,(H,24,28,29). The number of aromatic amines is 1. The maximum absolute atomic E-state index is 13.4. The van der Waals surface area contributed by atoms with Gasteiger partial charge in [0.2, 0.25) is 5.91 Å². The van der Waals surface area contributed by atoms with Crippen LogP contribution in [-0.2, 0) is 11.3 Å². The molecule has 0 saturated heterocycles. The summed E-state index contributed by atoms with van der Waals surface area (Å²) in [5.74, 6) is -2.53. The Morgan fingerprint density at radius 2 is 1.83 bits per heavy atom. The fraction of sp³-hybridized carbons (Fsp3) is 0.450. The van der Waals surface area contributed by atoms with E-state index in [-0.39, 0.29) is 42.2 Å². The Labute approximate surface area is 177 Å². The Morgan fingerprint density at radius 1 is 1.17 bits per heavy atom. The fourth-order valence-electron chi connectivity index (χ4n) is 2.86. The van der Waals surface area contributed by atoms with E-state index in [9.17, 15) is 23.2 Å². The van der Waals surface area contributed by atoms with Crippen LogP contribution in [0.5, 0.6) is 0 Å². The molecule has 7 nitrogen and oxygen atoms in total. The highest BCUT2D eigenvalue weighted by Gasteiger charge is 2.25. The Morgan fingerprint density at radius 3 is 2.40 bits per heavy atom. The molecule has 3 N–H and O–H groups in total. The minimum Gasteiger partial charge on any atom is -0.383 e. The predicted molar refractivity (Wildman–Crippen MR) is 115 cm³/mol. The number of hydrogen-bond acceptors (Lipinski definition) is 5. The van der Waals surface area contributed by atoms with E-state index in [1.165, 1.54) is 15.5 Å². The van der Waals surface area contributed by atoms with E-state index in [1.54, 1.807) is 0 Å². The van der Waals surface area contributed by atoms with Crippen LogP contribution in [0.2, 0.25) is 0 Å². The zero-order chi connectivity index (χ0) is 22.6. The first-order valence-corrected chi connectivity index (χ1v) is 10.5. The van der Waals surface area contributed by atoms with Gasteiger partial charge < -0.3 is 10.6 Å². The zero-order valence-electron chi connectivity index (χ0n) is 17.4. The molecule has 10 heteroatoms. The minimum atomic E-state index is -1.01. The molecule has 1 aromatic heterocycles. The van der Waals surface area contributed by atoms with E-state index >= 15 is 0 Å². The molecule has 0 aliphatic rings. The Bertz CT molecular complexity index is 1030. The number of thioether (sulfide) groups is 1. The van der Waals surface area contributed by atoms with Gasteiger partial charge in [0.1, 0.15) is 5.82 Å². The predicted octanol–water partition coefficient (Wildman–Crippen LogP) is 2.83. The number of hydrogen-bond donors (Lipinski definition) is 2. The maximum Gasteiger partial charge on any atom is 0.330 e. The molecule has 2 aromatic rings. The van der Waals surface area contributed by atoms with Crippen LogP contribution in [0.15, 0.2) is 32.7 Å². The number of nitrogen functional groups attached to an aromatic ring is 1. The van der Waals surface area contributed by atoms with Crippen molar-refractivity contribution in [1.29, 1.82) is 0 Å². The number of benzene rings is 1. The molecule has 30 heavy (non-hydrogen) atoms. The van der Waals surface area contributed by atoms with Gasteiger partial charge in [0, 0.05) is 18.0 Å². The summed E-state index contributed by atoms with van der Waals surface area (Å²) in [5, 5.41) is 0. The van der Waals surface area contributed by atoms with Gasteiger partial charge >= 0.3 is 5.69 Å². The smallest absolute Gasteiger partial charge is 0.330 e. The first kappa shape index (κ1) is 23.7. The molecule has 2 rings (SSSR count). The molecule has 0 atom stereocenters.